The highest BCUT2D eigenvalue weighted by atomic mass is 16.5. The Labute approximate surface area is 279 Å². The monoisotopic (exact) mass is 631 g/mol. The topological polar surface area (TPSA) is 72.9 Å². The number of fused-ring (bicyclic) bond motifs is 5. The second-order valence-electron chi connectivity index (χ2n) is 12.7. The molecule has 236 valence electrons. The molecular weight excluding hydrogens is 598 g/mol. The van der Waals surface area contributed by atoms with Crippen LogP contribution in [0.3, 0.4) is 0 Å². The number of imide groups is 1. The van der Waals surface area contributed by atoms with Crippen LogP contribution in [0.25, 0.3) is 11.1 Å². The fraction of sp³-hybridized carbons (Fsp3) is 0.167. The van der Waals surface area contributed by atoms with Crippen LogP contribution >= 0.6 is 0 Å². The zero-order valence-electron chi connectivity index (χ0n) is 26.8. The average Bonchev–Trinajstić information content (AvgIpc) is 3.65. The first kappa shape index (κ1) is 29.6. The number of aryl methyl sites for hydroxylation is 1. The number of Topliss-reactive ketones (excluding diaryl/α,β-unsaturated/α-hetero) is 1. The minimum Gasteiger partial charge on any atom is -0.497 e. The number of carbonyl (C=O) groups excluding carboxylic acids is 3. The van der Waals surface area contributed by atoms with Crippen LogP contribution in [-0.4, -0.2) is 31.8 Å². The van der Waals surface area contributed by atoms with Crippen molar-refractivity contribution in [1.82, 2.24) is 0 Å². The molecule has 2 amide bonds. The third-order valence-corrected chi connectivity index (χ3v) is 10.5. The average molecular weight is 632 g/mol. The maximum atomic E-state index is 16.0. The molecule has 0 radical (unpaired) electrons. The number of methoxy groups -OCH3 is 2. The summed E-state index contributed by atoms with van der Waals surface area (Å²) in [7, 11) is 3.22. The molecule has 2 aliphatic carbocycles. The van der Waals surface area contributed by atoms with E-state index in [-0.39, 0.29) is 17.6 Å². The van der Waals surface area contributed by atoms with Gasteiger partial charge in [-0.05, 0) is 76.7 Å². The predicted molar refractivity (Wildman–Crippen MR) is 185 cm³/mol. The lowest BCUT2D eigenvalue weighted by molar-refractivity contribution is -0.130. The van der Waals surface area contributed by atoms with Crippen molar-refractivity contribution < 1.29 is 23.9 Å². The Hall–Kier alpha value is -5.75. The van der Waals surface area contributed by atoms with Crippen molar-refractivity contribution in [2.24, 2.45) is 11.8 Å². The molecule has 0 N–H and O–H groups in total. The van der Waals surface area contributed by atoms with Crippen LogP contribution in [-0.2, 0) is 25.2 Å². The third kappa shape index (κ3) is 3.77. The normalized spacial score (nSPS) is 24.3. The first-order chi connectivity index (χ1) is 23.4. The number of amides is 2. The molecule has 2 fully saturated rings. The van der Waals surface area contributed by atoms with Gasteiger partial charge in [-0.15, -0.1) is 0 Å². The number of carbonyl (C=O) groups is 3. The number of ketones is 1. The fourth-order valence-electron chi connectivity index (χ4n) is 8.59. The SMILES string of the molecule is COc1ccc(C2=C(c3ccc(OC)cc3)[C@]3(c4ccccc4)C(=O)[C@]2(c2ccccc2)[C@@H]2C(=O)N(c4ccc(C)cc4)C(=O)[C@H]23)cc1. The molecule has 0 spiro atoms. The molecule has 4 atom stereocenters. The summed E-state index contributed by atoms with van der Waals surface area (Å²) in [4.78, 5) is 47.5. The number of rotatable bonds is 7. The van der Waals surface area contributed by atoms with Gasteiger partial charge < -0.3 is 9.47 Å². The number of anilines is 1. The molecule has 5 aromatic rings. The van der Waals surface area contributed by atoms with Gasteiger partial charge in [-0.3, -0.25) is 14.4 Å². The molecule has 2 bridgehead atoms. The summed E-state index contributed by atoms with van der Waals surface area (Å²) in [6.45, 7) is 1.96. The Kier molecular flexibility index (Phi) is 6.74. The first-order valence-electron chi connectivity index (χ1n) is 16.0. The molecule has 6 heteroatoms. The van der Waals surface area contributed by atoms with E-state index >= 15 is 14.4 Å². The minimum absolute atomic E-state index is 0.163. The maximum Gasteiger partial charge on any atom is 0.239 e. The van der Waals surface area contributed by atoms with Gasteiger partial charge in [0.15, 0.2) is 5.78 Å². The van der Waals surface area contributed by atoms with Crippen molar-refractivity contribution in [2.75, 3.05) is 19.1 Å². The number of nitrogens with zero attached hydrogens (tertiary/aromatic N) is 1. The summed E-state index contributed by atoms with van der Waals surface area (Å²) in [6.07, 6.45) is 0. The quantitative estimate of drug-likeness (QED) is 0.178. The number of ether oxygens (including phenoxy) is 2. The highest BCUT2D eigenvalue weighted by Crippen LogP contribution is 2.74. The molecule has 0 unspecified atom stereocenters. The largest absolute Gasteiger partial charge is 0.497 e. The van der Waals surface area contributed by atoms with Gasteiger partial charge in [0.1, 0.15) is 11.5 Å². The van der Waals surface area contributed by atoms with Crippen LogP contribution in [0.4, 0.5) is 5.69 Å². The van der Waals surface area contributed by atoms with Crippen molar-refractivity contribution in [2.45, 2.75) is 17.8 Å². The van der Waals surface area contributed by atoms with E-state index < -0.39 is 22.7 Å². The second-order valence-corrected chi connectivity index (χ2v) is 12.7. The Balaban J connectivity index is 1.54. The summed E-state index contributed by atoms with van der Waals surface area (Å²) >= 11 is 0. The van der Waals surface area contributed by atoms with Crippen LogP contribution in [0.5, 0.6) is 11.5 Å². The van der Waals surface area contributed by atoms with Crippen molar-refractivity contribution in [3.05, 3.63) is 161 Å². The Morgan fingerprint density at radius 2 is 0.917 bits per heavy atom. The minimum atomic E-state index is -1.47. The lowest BCUT2D eigenvalue weighted by Gasteiger charge is -2.39. The van der Waals surface area contributed by atoms with E-state index in [0.717, 1.165) is 27.8 Å². The molecule has 3 aliphatic rings. The Morgan fingerprint density at radius 1 is 0.521 bits per heavy atom. The second kappa shape index (κ2) is 10.9. The van der Waals surface area contributed by atoms with Crippen molar-refractivity contribution >= 4 is 34.4 Å². The summed E-state index contributed by atoms with van der Waals surface area (Å²) < 4.78 is 11.0. The third-order valence-electron chi connectivity index (χ3n) is 10.5. The van der Waals surface area contributed by atoms with Crippen LogP contribution in [0.15, 0.2) is 133 Å². The lowest BCUT2D eigenvalue weighted by atomic mass is 9.59. The van der Waals surface area contributed by atoms with Crippen LogP contribution in [0, 0.1) is 18.8 Å². The summed E-state index contributed by atoms with van der Waals surface area (Å²) in [5.41, 5.74) is 2.95. The molecule has 1 saturated heterocycles. The summed E-state index contributed by atoms with van der Waals surface area (Å²) in [6, 6.07) is 41.7. The van der Waals surface area contributed by atoms with Crippen molar-refractivity contribution in [3.63, 3.8) is 0 Å². The van der Waals surface area contributed by atoms with Crippen LogP contribution < -0.4 is 14.4 Å². The fourth-order valence-corrected chi connectivity index (χ4v) is 8.59. The molecule has 6 nitrogen and oxygen atoms in total. The smallest absolute Gasteiger partial charge is 0.239 e. The number of hydrogen-bond donors (Lipinski definition) is 0. The number of benzene rings is 5. The van der Waals surface area contributed by atoms with Gasteiger partial charge in [-0.1, -0.05) is 103 Å². The van der Waals surface area contributed by atoms with E-state index in [1.165, 1.54) is 4.90 Å². The van der Waals surface area contributed by atoms with Crippen LogP contribution in [0.2, 0.25) is 0 Å². The van der Waals surface area contributed by atoms with E-state index in [1.54, 1.807) is 14.2 Å². The van der Waals surface area contributed by atoms with E-state index in [9.17, 15) is 0 Å². The van der Waals surface area contributed by atoms with Gasteiger partial charge in [0.2, 0.25) is 11.8 Å². The summed E-state index contributed by atoms with van der Waals surface area (Å²) in [5, 5.41) is 0. The molecule has 48 heavy (non-hydrogen) atoms. The first-order valence-corrected chi connectivity index (χ1v) is 16.0. The van der Waals surface area contributed by atoms with Gasteiger partial charge in [-0.2, -0.15) is 0 Å². The highest BCUT2D eigenvalue weighted by molar-refractivity contribution is 6.39. The van der Waals surface area contributed by atoms with Gasteiger partial charge >= 0.3 is 0 Å². The Morgan fingerprint density at radius 3 is 1.29 bits per heavy atom. The lowest BCUT2D eigenvalue weighted by Crippen LogP contribution is -2.45. The van der Waals surface area contributed by atoms with Gasteiger partial charge in [-0.25, -0.2) is 4.90 Å². The van der Waals surface area contributed by atoms with Crippen LogP contribution in [0.1, 0.15) is 27.8 Å². The number of allylic oxidation sites excluding steroid dienone is 2. The Bertz CT molecular complexity index is 1970. The van der Waals surface area contributed by atoms with Crippen molar-refractivity contribution in [3.8, 4) is 11.5 Å². The standard InChI is InChI=1S/C42H33NO5/c1-26-14-20-31(21-15-26)43-38(44)36-37(39(43)45)42(30-12-8-5-9-13-30)35(28-18-24-33(48-3)25-19-28)34(27-16-22-32(47-2)23-17-27)41(36,40(42)46)29-10-6-4-7-11-29/h4-25,36-37H,1-3H3/t36-,37-,41-,42-/m0/s1. The molecule has 1 saturated carbocycles. The van der Waals surface area contributed by atoms with Crippen molar-refractivity contribution in [1.29, 1.82) is 0 Å². The molecule has 1 heterocycles. The predicted octanol–water partition coefficient (Wildman–Crippen LogP) is 7.20. The van der Waals surface area contributed by atoms with E-state index in [4.69, 9.17) is 9.47 Å². The summed E-state index contributed by atoms with van der Waals surface area (Å²) in [5.74, 6) is -1.54. The molecule has 5 aromatic carbocycles. The molecule has 0 aromatic heterocycles. The number of hydrogen-bond acceptors (Lipinski definition) is 5. The molecule has 1 aliphatic heterocycles. The zero-order chi connectivity index (χ0) is 33.2. The van der Waals surface area contributed by atoms with Gasteiger partial charge in [0, 0.05) is 0 Å². The molecular formula is C42H33NO5. The van der Waals surface area contributed by atoms with Gasteiger partial charge in [0.05, 0.1) is 42.6 Å². The van der Waals surface area contributed by atoms with E-state index in [1.807, 2.05) is 140 Å². The van der Waals surface area contributed by atoms with E-state index in [2.05, 4.69) is 0 Å². The van der Waals surface area contributed by atoms with E-state index in [0.29, 0.717) is 28.3 Å². The van der Waals surface area contributed by atoms with Gasteiger partial charge in [0.25, 0.3) is 0 Å². The molecule has 8 rings (SSSR count). The zero-order valence-corrected chi connectivity index (χ0v) is 26.8. The maximum absolute atomic E-state index is 16.0. The highest BCUT2D eigenvalue weighted by Gasteiger charge is 2.82.